The highest BCUT2D eigenvalue weighted by molar-refractivity contribution is 6.00. The van der Waals surface area contributed by atoms with Gasteiger partial charge in [-0.3, -0.25) is 4.79 Å². The van der Waals surface area contributed by atoms with Crippen LogP contribution in [0.5, 0.6) is 11.8 Å². The number of imidazole rings is 1. The van der Waals surface area contributed by atoms with Gasteiger partial charge in [-0.1, -0.05) is 6.07 Å². The minimum atomic E-state index is -0.654. The molecule has 8 heteroatoms. The molecule has 2 heterocycles. The Hall–Kier alpha value is -2.77. The van der Waals surface area contributed by atoms with Crippen molar-refractivity contribution in [3.8, 4) is 11.8 Å². The minimum Gasteiger partial charge on any atom is -0.494 e. The SMILES string of the molecule is COc1nc2c(C3CCN(C(=O)OC(C)(C)C)C3=O)ccc(OC)c2[nH]1. The Morgan fingerprint density at radius 1 is 1.27 bits per heavy atom. The first-order valence-corrected chi connectivity index (χ1v) is 8.40. The van der Waals surface area contributed by atoms with Gasteiger partial charge in [0.05, 0.1) is 20.1 Å². The number of rotatable bonds is 3. The maximum absolute atomic E-state index is 12.8. The molecule has 140 valence electrons. The summed E-state index contributed by atoms with van der Waals surface area (Å²) < 4.78 is 15.8. The third-order valence-corrected chi connectivity index (χ3v) is 4.22. The van der Waals surface area contributed by atoms with Gasteiger partial charge in [-0.15, -0.1) is 0 Å². The van der Waals surface area contributed by atoms with Crippen LogP contribution in [0.4, 0.5) is 4.79 Å². The van der Waals surface area contributed by atoms with Crippen molar-refractivity contribution in [1.82, 2.24) is 14.9 Å². The molecule has 1 saturated heterocycles. The van der Waals surface area contributed by atoms with Gasteiger partial charge in [0.1, 0.15) is 22.4 Å². The molecule has 1 aliphatic heterocycles. The molecular formula is C18H23N3O5. The van der Waals surface area contributed by atoms with E-state index >= 15 is 0 Å². The molecule has 26 heavy (non-hydrogen) atoms. The van der Waals surface area contributed by atoms with Crippen LogP contribution >= 0.6 is 0 Å². The highest BCUT2D eigenvalue weighted by Crippen LogP contribution is 2.37. The predicted molar refractivity (Wildman–Crippen MR) is 94.5 cm³/mol. The third kappa shape index (κ3) is 3.18. The number of ether oxygens (including phenoxy) is 3. The zero-order chi connectivity index (χ0) is 19.1. The predicted octanol–water partition coefficient (Wildman–Crippen LogP) is 2.83. The number of hydrogen-bond donors (Lipinski definition) is 1. The average molecular weight is 361 g/mol. The largest absolute Gasteiger partial charge is 0.494 e. The van der Waals surface area contributed by atoms with Gasteiger partial charge in [0.2, 0.25) is 5.91 Å². The fourth-order valence-electron chi connectivity index (χ4n) is 3.08. The summed E-state index contributed by atoms with van der Waals surface area (Å²) in [5.41, 5.74) is 1.34. The summed E-state index contributed by atoms with van der Waals surface area (Å²) >= 11 is 0. The summed E-state index contributed by atoms with van der Waals surface area (Å²) in [6.07, 6.45) is -0.108. The lowest BCUT2D eigenvalue weighted by Gasteiger charge is -2.23. The Labute approximate surface area is 151 Å². The van der Waals surface area contributed by atoms with E-state index in [9.17, 15) is 9.59 Å². The topological polar surface area (TPSA) is 93.8 Å². The summed E-state index contributed by atoms with van der Waals surface area (Å²) in [6.45, 7) is 5.62. The van der Waals surface area contributed by atoms with Crippen LogP contribution in [0.15, 0.2) is 12.1 Å². The first-order chi connectivity index (χ1) is 12.2. The van der Waals surface area contributed by atoms with Gasteiger partial charge >= 0.3 is 6.09 Å². The van der Waals surface area contributed by atoms with Crippen molar-refractivity contribution in [2.45, 2.75) is 38.7 Å². The van der Waals surface area contributed by atoms with Gasteiger partial charge in [0.15, 0.2) is 0 Å². The van der Waals surface area contributed by atoms with Crippen LogP contribution in [0.25, 0.3) is 11.0 Å². The molecule has 3 rings (SSSR count). The summed E-state index contributed by atoms with van der Waals surface area (Å²) in [5, 5.41) is 0. The van der Waals surface area contributed by atoms with Crippen molar-refractivity contribution in [3.63, 3.8) is 0 Å². The number of hydrogen-bond acceptors (Lipinski definition) is 6. The van der Waals surface area contributed by atoms with Crippen LogP contribution in [-0.4, -0.2) is 53.2 Å². The Bertz CT molecular complexity index is 852. The van der Waals surface area contributed by atoms with Crippen LogP contribution in [0.2, 0.25) is 0 Å². The fourth-order valence-corrected chi connectivity index (χ4v) is 3.08. The van der Waals surface area contributed by atoms with Crippen molar-refractivity contribution >= 4 is 23.0 Å². The molecule has 0 spiro atoms. The second-order valence-electron chi connectivity index (χ2n) is 7.14. The number of aromatic nitrogens is 2. The van der Waals surface area contributed by atoms with Crippen molar-refractivity contribution in [3.05, 3.63) is 17.7 Å². The number of carbonyl (C=O) groups is 2. The lowest BCUT2D eigenvalue weighted by Crippen LogP contribution is -2.38. The number of amides is 2. The van der Waals surface area contributed by atoms with Crippen LogP contribution in [-0.2, 0) is 9.53 Å². The Balaban J connectivity index is 1.94. The van der Waals surface area contributed by atoms with E-state index in [1.54, 1.807) is 33.9 Å². The molecule has 8 nitrogen and oxygen atoms in total. The van der Waals surface area contributed by atoms with Crippen LogP contribution in [0, 0.1) is 0 Å². The molecule has 2 amide bonds. The first kappa shape index (κ1) is 18.0. The number of likely N-dealkylation sites (tertiary alicyclic amines) is 1. The minimum absolute atomic E-state index is 0.285. The highest BCUT2D eigenvalue weighted by atomic mass is 16.6. The highest BCUT2D eigenvalue weighted by Gasteiger charge is 2.39. The van der Waals surface area contributed by atoms with E-state index in [1.807, 2.05) is 6.07 Å². The molecule has 0 radical (unpaired) electrons. The number of carbonyl (C=O) groups excluding carboxylic acids is 2. The van der Waals surface area contributed by atoms with Crippen molar-refractivity contribution in [2.75, 3.05) is 20.8 Å². The monoisotopic (exact) mass is 361 g/mol. The van der Waals surface area contributed by atoms with Gasteiger partial charge in [0.25, 0.3) is 6.01 Å². The molecular weight excluding hydrogens is 338 g/mol. The van der Waals surface area contributed by atoms with Gasteiger partial charge in [-0.05, 0) is 38.8 Å². The van der Waals surface area contributed by atoms with E-state index in [-0.39, 0.29) is 5.91 Å². The van der Waals surface area contributed by atoms with E-state index in [4.69, 9.17) is 14.2 Å². The molecule has 1 atom stereocenters. The molecule has 1 N–H and O–H groups in total. The third-order valence-electron chi connectivity index (χ3n) is 4.22. The number of nitrogens with zero attached hydrogens (tertiary/aromatic N) is 2. The summed E-state index contributed by atoms with van der Waals surface area (Å²) in [6, 6.07) is 3.92. The number of H-pyrrole nitrogens is 1. The van der Waals surface area contributed by atoms with Crippen LogP contribution < -0.4 is 9.47 Å². The standard InChI is InChI=1S/C18H23N3O5/c1-18(2,3)26-17(23)21-9-8-11(15(21)22)10-6-7-12(24-4)14-13(10)19-16(20-14)25-5/h6-7,11H,8-9H2,1-5H3,(H,19,20). The summed E-state index contributed by atoms with van der Waals surface area (Å²) in [5.74, 6) is -0.148. The van der Waals surface area contributed by atoms with E-state index in [1.165, 1.54) is 7.11 Å². The zero-order valence-corrected chi connectivity index (χ0v) is 15.6. The molecule has 1 aliphatic rings. The van der Waals surface area contributed by atoms with Crippen LogP contribution in [0.1, 0.15) is 38.7 Å². The molecule has 0 saturated carbocycles. The summed E-state index contributed by atoms with van der Waals surface area (Å²) in [4.78, 5) is 33.7. The van der Waals surface area contributed by atoms with Gasteiger partial charge in [0, 0.05) is 6.54 Å². The van der Waals surface area contributed by atoms with E-state index < -0.39 is 17.6 Å². The first-order valence-electron chi connectivity index (χ1n) is 8.40. The molecule has 1 aromatic carbocycles. The Morgan fingerprint density at radius 2 is 2.00 bits per heavy atom. The lowest BCUT2D eigenvalue weighted by molar-refractivity contribution is -0.128. The number of imide groups is 1. The van der Waals surface area contributed by atoms with Crippen molar-refractivity contribution in [2.24, 2.45) is 0 Å². The maximum atomic E-state index is 12.8. The average Bonchev–Trinajstić information content (AvgIpc) is 3.16. The molecule has 1 aromatic heterocycles. The van der Waals surface area contributed by atoms with Crippen molar-refractivity contribution in [1.29, 1.82) is 0 Å². The molecule has 1 unspecified atom stereocenters. The van der Waals surface area contributed by atoms with E-state index in [0.717, 1.165) is 10.5 Å². The Kier molecular flexibility index (Phi) is 4.52. The number of benzene rings is 1. The second-order valence-corrected chi connectivity index (χ2v) is 7.14. The second kappa shape index (κ2) is 6.51. The number of fused-ring (bicyclic) bond motifs is 1. The van der Waals surface area contributed by atoms with Gasteiger partial charge < -0.3 is 19.2 Å². The number of aromatic amines is 1. The summed E-state index contributed by atoms with van der Waals surface area (Å²) in [7, 11) is 3.07. The fraction of sp³-hybridized carbons (Fsp3) is 0.500. The normalized spacial score (nSPS) is 17.7. The Morgan fingerprint density at radius 3 is 2.62 bits per heavy atom. The smallest absolute Gasteiger partial charge is 0.417 e. The van der Waals surface area contributed by atoms with E-state index in [0.29, 0.717) is 35.8 Å². The van der Waals surface area contributed by atoms with Gasteiger partial charge in [-0.25, -0.2) is 9.69 Å². The van der Waals surface area contributed by atoms with Crippen LogP contribution in [0.3, 0.4) is 0 Å². The zero-order valence-electron chi connectivity index (χ0n) is 15.6. The number of methoxy groups -OCH3 is 2. The molecule has 0 aliphatic carbocycles. The van der Waals surface area contributed by atoms with Crippen molar-refractivity contribution < 1.29 is 23.8 Å². The quantitative estimate of drug-likeness (QED) is 0.903. The lowest BCUT2D eigenvalue weighted by atomic mass is 9.96. The van der Waals surface area contributed by atoms with E-state index in [2.05, 4.69) is 9.97 Å². The number of nitrogens with one attached hydrogen (secondary N) is 1. The van der Waals surface area contributed by atoms with Gasteiger partial charge in [-0.2, -0.15) is 4.98 Å². The maximum Gasteiger partial charge on any atom is 0.417 e. The molecule has 2 aromatic rings. The molecule has 0 bridgehead atoms. The molecule has 1 fully saturated rings.